The number of hydrogen-bond donors (Lipinski definition) is 2. The summed E-state index contributed by atoms with van der Waals surface area (Å²) in [7, 11) is -1.64. The van der Waals surface area contributed by atoms with E-state index in [0.29, 0.717) is 23.2 Å². The molecule has 2 N–H and O–H groups in total. The fraction of sp³-hybridized carbons (Fsp3) is 0.421. The summed E-state index contributed by atoms with van der Waals surface area (Å²) in [6.07, 6.45) is 2.22. The molecule has 1 aliphatic rings. The molecule has 8 heteroatoms. The highest BCUT2D eigenvalue weighted by Crippen LogP contribution is 2.20. The van der Waals surface area contributed by atoms with Crippen LogP contribution in [-0.2, 0) is 16.4 Å². The summed E-state index contributed by atoms with van der Waals surface area (Å²) in [5.41, 5.74) is 1.37. The van der Waals surface area contributed by atoms with Crippen LogP contribution >= 0.6 is 11.3 Å². The third-order valence-electron chi connectivity index (χ3n) is 4.62. The van der Waals surface area contributed by atoms with E-state index in [1.165, 1.54) is 16.9 Å². The largest absolute Gasteiger partial charge is 0.355 e. The van der Waals surface area contributed by atoms with Gasteiger partial charge in [-0.05, 0) is 35.8 Å². The number of benzene rings is 1. The highest BCUT2D eigenvalue weighted by molar-refractivity contribution is 7.91. The van der Waals surface area contributed by atoms with Gasteiger partial charge in [0.05, 0.1) is 0 Å². The van der Waals surface area contributed by atoms with Gasteiger partial charge < -0.3 is 10.2 Å². The number of likely N-dealkylation sites (tertiary alicyclic amines) is 1. The average molecular weight is 407 g/mol. The first-order valence-corrected chi connectivity index (χ1v) is 11.5. The van der Waals surface area contributed by atoms with Gasteiger partial charge in [0.15, 0.2) is 5.96 Å². The number of sulfonamides is 1. The predicted molar refractivity (Wildman–Crippen MR) is 111 cm³/mol. The molecule has 1 fully saturated rings. The van der Waals surface area contributed by atoms with Gasteiger partial charge in [-0.2, -0.15) is 0 Å². The number of nitrogens with one attached hydrogen (secondary N) is 2. The number of guanidine groups is 1. The second-order valence-corrected chi connectivity index (χ2v) is 9.54. The third kappa shape index (κ3) is 5.54. The summed E-state index contributed by atoms with van der Waals surface area (Å²) in [6.45, 7) is 2.76. The normalized spacial score (nSPS) is 18.0. The van der Waals surface area contributed by atoms with Crippen LogP contribution in [0.1, 0.15) is 12.0 Å². The second kappa shape index (κ2) is 9.34. The van der Waals surface area contributed by atoms with Crippen molar-refractivity contribution in [2.75, 3.05) is 33.2 Å². The molecule has 0 amide bonds. The zero-order valence-electron chi connectivity index (χ0n) is 15.5. The Hall–Kier alpha value is -1.90. The maximum atomic E-state index is 12.1. The number of aliphatic imine (C=N–C) groups is 1. The molecule has 0 aliphatic carbocycles. The van der Waals surface area contributed by atoms with Crippen molar-refractivity contribution < 1.29 is 8.42 Å². The first-order chi connectivity index (χ1) is 13.1. The van der Waals surface area contributed by atoms with Crippen LogP contribution in [0.5, 0.6) is 0 Å². The topological polar surface area (TPSA) is 73.8 Å². The van der Waals surface area contributed by atoms with Crippen molar-refractivity contribution in [1.82, 2.24) is 14.9 Å². The summed E-state index contributed by atoms with van der Waals surface area (Å²) in [4.78, 5) is 6.60. The van der Waals surface area contributed by atoms with E-state index in [2.05, 4.69) is 44.2 Å². The van der Waals surface area contributed by atoms with Crippen molar-refractivity contribution in [2.24, 2.45) is 10.9 Å². The lowest BCUT2D eigenvalue weighted by molar-refractivity contribution is 0.460. The fourth-order valence-electron chi connectivity index (χ4n) is 3.32. The Balaban J connectivity index is 1.43. The Morgan fingerprint density at radius 3 is 2.74 bits per heavy atom. The monoisotopic (exact) mass is 406 g/mol. The number of rotatable bonds is 7. The van der Waals surface area contributed by atoms with E-state index < -0.39 is 10.0 Å². The van der Waals surface area contributed by atoms with Crippen LogP contribution in [0.25, 0.3) is 0 Å². The standard InChI is InChI=1S/C19H26N4O2S2/c1-20-19(21-10-11-22-27(24,25)18-8-5-13-26-18)23-12-9-17(15-23)14-16-6-3-2-4-7-16/h2-8,13,17,22H,9-12,14-15H2,1H3,(H,20,21). The Morgan fingerprint density at radius 2 is 2.04 bits per heavy atom. The summed E-state index contributed by atoms with van der Waals surface area (Å²) in [5, 5.41) is 5.02. The Bertz CT molecular complexity index is 836. The van der Waals surface area contributed by atoms with Gasteiger partial charge in [-0.15, -0.1) is 11.3 Å². The van der Waals surface area contributed by atoms with Crippen LogP contribution in [-0.4, -0.2) is 52.5 Å². The maximum absolute atomic E-state index is 12.1. The van der Waals surface area contributed by atoms with Crippen molar-refractivity contribution in [1.29, 1.82) is 0 Å². The van der Waals surface area contributed by atoms with E-state index in [1.54, 1.807) is 24.6 Å². The van der Waals surface area contributed by atoms with Gasteiger partial charge in [-0.1, -0.05) is 36.4 Å². The molecule has 1 aromatic carbocycles. The Kier molecular flexibility index (Phi) is 6.87. The van der Waals surface area contributed by atoms with E-state index in [0.717, 1.165) is 31.9 Å². The van der Waals surface area contributed by atoms with E-state index in [9.17, 15) is 8.42 Å². The van der Waals surface area contributed by atoms with Crippen molar-refractivity contribution in [3.63, 3.8) is 0 Å². The summed E-state index contributed by atoms with van der Waals surface area (Å²) >= 11 is 1.22. The smallest absolute Gasteiger partial charge is 0.250 e. The number of nitrogens with zero attached hydrogens (tertiary/aromatic N) is 2. The van der Waals surface area contributed by atoms with Crippen molar-refractivity contribution in [3.05, 3.63) is 53.4 Å². The van der Waals surface area contributed by atoms with E-state index in [-0.39, 0.29) is 0 Å². The van der Waals surface area contributed by atoms with Gasteiger partial charge in [-0.3, -0.25) is 4.99 Å². The summed E-state index contributed by atoms with van der Waals surface area (Å²) in [5.74, 6) is 1.45. The summed E-state index contributed by atoms with van der Waals surface area (Å²) in [6, 6.07) is 13.9. The average Bonchev–Trinajstić information content (AvgIpc) is 3.35. The molecule has 6 nitrogen and oxygen atoms in total. The van der Waals surface area contributed by atoms with Crippen LogP contribution in [0.3, 0.4) is 0 Å². The molecule has 146 valence electrons. The van der Waals surface area contributed by atoms with E-state index in [4.69, 9.17) is 0 Å². The molecule has 27 heavy (non-hydrogen) atoms. The molecule has 0 radical (unpaired) electrons. The van der Waals surface area contributed by atoms with Gasteiger partial charge in [-0.25, -0.2) is 13.1 Å². The minimum absolute atomic E-state index is 0.320. The van der Waals surface area contributed by atoms with Crippen molar-refractivity contribution >= 4 is 27.3 Å². The molecule has 1 aromatic heterocycles. The van der Waals surface area contributed by atoms with Gasteiger partial charge >= 0.3 is 0 Å². The van der Waals surface area contributed by atoms with Crippen LogP contribution < -0.4 is 10.0 Å². The van der Waals surface area contributed by atoms with Gasteiger partial charge in [0.1, 0.15) is 4.21 Å². The van der Waals surface area contributed by atoms with Gasteiger partial charge in [0.25, 0.3) is 0 Å². The van der Waals surface area contributed by atoms with E-state index in [1.807, 2.05) is 6.07 Å². The lowest BCUT2D eigenvalue weighted by atomic mass is 9.99. The van der Waals surface area contributed by atoms with Crippen LogP contribution in [0, 0.1) is 5.92 Å². The number of thiophene rings is 1. The molecular formula is C19H26N4O2S2. The molecule has 1 atom stereocenters. The molecule has 1 saturated heterocycles. The van der Waals surface area contributed by atoms with E-state index >= 15 is 0 Å². The third-order valence-corrected chi connectivity index (χ3v) is 7.48. The minimum atomic E-state index is -3.41. The maximum Gasteiger partial charge on any atom is 0.250 e. The quantitative estimate of drug-likeness (QED) is 0.420. The number of hydrogen-bond acceptors (Lipinski definition) is 4. The summed E-state index contributed by atoms with van der Waals surface area (Å²) < 4.78 is 27.2. The zero-order valence-corrected chi connectivity index (χ0v) is 17.1. The molecule has 3 rings (SSSR count). The molecule has 1 aliphatic heterocycles. The molecule has 2 heterocycles. The first kappa shape index (κ1) is 19.9. The lowest BCUT2D eigenvalue weighted by Crippen LogP contribution is -2.43. The Labute approximate surface area is 165 Å². The zero-order chi connectivity index (χ0) is 19.1. The van der Waals surface area contributed by atoms with Gasteiger partial charge in [0, 0.05) is 33.2 Å². The molecule has 0 bridgehead atoms. The first-order valence-electron chi connectivity index (χ1n) is 9.11. The predicted octanol–water partition coefficient (Wildman–Crippen LogP) is 2.17. The molecule has 2 aromatic rings. The SMILES string of the molecule is CN=C(NCCNS(=O)(=O)c1cccs1)N1CCC(Cc2ccccc2)C1. The highest BCUT2D eigenvalue weighted by atomic mass is 32.2. The Morgan fingerprint density at radius 1 is 1.22 bits per heavy atom. The molecule has 0 saturated carbocycles. The molecule has 0 spiro atoms. The lowest BCUT2D eigenvalue weighted by Gasteiger charge is -2.22. The van der Waals surface area contributed by atoms with Crippen molar-refractivity contribution in [3.8, 4) is 0 Å². The van der Waals surface area contributed by atoms with Crippen molar-refractivity contribution in [2.45, 2.75) is 17.1 Å². The fourth-order valence-corrected chi connectivity index (χ4v) is 5.39. The minimum Gasteiger partial charge on any atom is -0.355 e. The van der Waals surface area contributed by atoms with Crippen LogP contribution in [0.2, 0.25) is 0 Å². The van der Waals surface area contributed by atoms with Crippen LogP contribution in [0.4, 0.5) is 0 Å². The van der Waals surface area contributed by atoms with Crippen LogP contribution in [0.15, 0.2) is 57.0 Å². The second-order valence-electron chi connectivity index (χ2n) is 6.59. The van der Waals surface area contributed by atoms with Gasteiger partial charge in [0.2, 0.25) is 10.0 Å². The highest BCUT2D eigenvalue weighted by Gasteiger charge is 2.25. The molecule has 1 unspecified atom stereocenters. The molecular weight excluding hydrogens is 380 g/mol.